The standard InChI is InChI=1S/C18H15N3O4S2/c1-25-17(24)15-12(6-7-26-15)19-16(23)10-8-14(22)21(9-10)18-20-11-4-2-3-5-13(11)27-18/h2-7,10H,8-9H2,1H3,(H,19,23). The Hall–Kier alpha value is -2.78. The van der Waals surface area contributed by atoms with E-state index in [9.17, 15) is 14.4 Å². The highest BCUT2D eigenvalue weighted by atomic mass is 32.1. The van der Waals surface area contributed by atoms with Crippen LogP contribution in [0.1, 0.15) is 16.1 Å². The lowest BCUT2D eigenvalue weighted by molar-refractivity contribution is -0.122. The number of carbonyl (C=O) groups is 3. The van der Waals surface area contributed by atoms with Crippen molar-refractivity contribution in [2.45, 2.75) is 6.42 Å². The fourth-order valence-electron chi connectivity index (χ4n) is 2.94. The lowest BCUT2D eigenvalue weighted by atomic mass is 10.1. The minimum atomic E-state index is -0.505. The Balaban J connectivity index is 1.49. The molecule has 1 aliphatic rings. The summed E-state index contributed by atoms with van der Waals surface area (Å²) in [6.45, 7) is 0.266. The fraction of sp³-hybridized carbons (Fsp3) is 0.222. The van der Waals surface area contributed by atoms with Crippen LogP contribution in [0, 0.1) is 5.92 Å². The van der Waals surface area contributed by atoms with Crippen molar-refractivity contribution in [2.24, 2.45) is 5.92 Å². The summed E-state index contributed by atoms with van der Waals surface area (Å²) in [6.07, 6.45) is 0.111. The van der Waals surface area contributed by atoms with Gasteiger partial charge in [0.2, 0.25) is 11.8 Å². The Labute approximate surface area is 162 Å². The molecule has 1 atom stereocenters. The summed E-state index contributed by atoms with van der Waals surface area (Å²) >= 11 is 2.62. The molecule has 0 saturated carbocycles. The number of ether oxygens (including phenoxy) is 1. The molecule has 3 aromatic rings. The van der Waals surface area contributed by atoms with Crippen LogP contribution < -0.4 is 10.2 Å². The first-order valence-electron chi connectivity index (χ1n) is 8.19. The number of esters is 1. The number of anilines is 2. The lowest BCUT2D eigenvalue weighted by Gasteiger charge is -2.13. The van der Waals surface area contributed by atoms with Crippen LogP contribution in [0.15, 0.2) is 35.7 Å². The van der Waals surface area contributed by atoms with Gasteiger partial charge in [-0.1, -0.05) is 23.5 Å². The van der Waals surface area contributed by atoms with Crippen molar-refractivity contribution in [3.05, 3.63) is 40.6 Å². The van der Waals surface area contributed by atoms with Crippen molar-refractivity contribution in [1.82, 2.24) is 4.98 Å². The van der Waals surface area contributed by atoms with Gasteiger partial charge in [0.25, 0.3) is 0 Å². The SMILES string of the molecule is COC(=O)c1sccc1NC(=O)C1CC(=O)N(c2nc3ccccc3s2)C1. The summed E-state index contributed by atoms with van der Waals surface area (Å²) in [5, 5.41) is 5.04. The summed E-state index contributed by atoms with van der Waals surface area (Å²) < 4.78 is 5.71. The highest BCUT2D eigenvalue weighted by Crippen LogP contribution is 2.33. The highest BCUT2D eigenvalue weighted by molar-refractivity contribution is 7.22. The van der Waals surface area contributed by atoms with E-state index >= 15 is 0 Å². The van der Waals surface area contributed by atoms with Crippen LogP contribution in [0.25, 0.3) is 10.2 Å². The quantitative estimate of drug-likeness (QED) is 0.679. The summed E-state index contributed by atoms with van der Waals surface area (Å²) in [7, 11) is 1.29. The van der Waals surface area contributed by atoms with Gasteiger partial charge in [-0.05, 0) is 23.6 Å². The number of rotatable bonds is 4. The smallest absolute Gasteiger partial charge is 0.350 e. The third kappa shape index (κ3) is 3.31. The topological polar surface area (TPSA) is 88.6 Å². The van der Waals surface area contributed by atoms with Gasteiger partial charge in [0.1, 0.15) is 4.88 Å². The molecule has 7 nitrogen and oxygen atoms in total. The van der Waals surface area contributed by atoms with Crippen molar-refractivity contribution in [3.63, 3.8) is 0 Å². The molecule has 9 heteroatoms. The predicted octanol–water partition coefficient (Wildman–Crippen LogP) is 3.14. The van der Waals surface area contributed by atoms with Gasteiger partial charge in [0.15, 0.2) is 5.13 Å². The van der Waals surface area contributed by atoms with Crippen molar-refractivity contribution in [2.75, 3.05) is 23.9 Å². The second kappa shape index (κ2) is 7.09. The molecule has 0 aliphatic carbocycles. The summed E-state index contributed by atoms with van der Waals surface area (Å²) in [6, 6.07) is 9.31. The number of thiophene rings is 1. The van der Waals surface area contributed by atoms with Gasteiger partial charge in [0.05, 0.1) is 28.9 Å². The third-order valence-corrected chi connectivity index (χ3v) is 6.26. The first kappa shape index (κ1) is 17.6. The summed E-state index contributed by atoms with van der Waals surface area (Å²) in [4.78, 5) is 43.2. The monoisotopic (exact) mass is 401 g/mol. The number of benzene rings is 1. The number of amides is 2. The predicted molar refractivity (Wildman–Crippen MR) is 104 cm³/mol. The van der Waals surface area contributed by atoms with E-state index in [1.54, 1.807) is 16.3 Å². The van der Waals surface area contributed by atoms with Gasteiger partial charge in [-0.25, -0.2) is 9.78 Å². The third-order valence-electron chi connectivity index (χ3n) is 4.30. The van der Waals surface area contributed by atoms with E-state index in [1.165, 1.54) is 29.8 Å². The molecule has 27 heavy (non-hydrogen) atoms. The normalized spacial score (nSPS) is 16.7. The van der Waals surface area contributed by atoms with Crippen LogP contribution >= 0.6 is 22.7 Å². The second-order valence-corrected chi connectivity index (χ2v) is 7.94. The number of methoxy groups -OCH3 is 1. The second-order valence-electron chi connectivity index (χ2n) is 6.01. The minimum Gasteiger partial charge on any atom is -0.465 e. The van der Waals surface area contributed by atoms with Gasteiger partial charge in [-0.3, -0.25) is 14.5 Å². The first-order valence-corrected chi connectivity index (χ1v) is 9.89. The highest BCUT2D eigenvalue weighted by Gasteiger charge is 2.37. The molecular formula is C18H15N3O4S2. The zero-order valence-corrected chi connectivity index (χ0v) is 15.9. The molecule has 0 bridgehead atoms. The van der Waals surface area contributed by atoms with Crippen LogP contribution in [0.3, 0.4) is 0 Å². The molecule has 1 aromatic carbocycles. The molecule has 1 saturated heterocycles. The van der Waals surface area contributed by atoms with Gasteiger partial charge < -0.3 is 10.1 Å². The van der Waals surface area contributed by atoms with Crippen LogP contribution in [0.5, 0.6) is 0 Å². The first-order chi connectivity index (χ1) is 13.1. The Morgan fingerprint density at radius 1 is 1.30 bits per heavy atom. The molecule has 138 valence electrons. The van der Waals surface area contributed by atoms with Gasteiger partial charge >= 0.3 is 5.97 Å². The molecule has 1 aliphatic heterocycles. The fourth-order valence-corrected chi connectivity index (χ4v) is 4.69. The number of carbonyl (C=O) groups excluding carboxylic acids is 3. The Bertz CT molecular complexity index is 1010. The molecular weight excluding hydrogens is 386 g/mol. The van der Waals surface area contributed by atoms with E-state index in [0.717, 1.165) is 10.2 Å². The number of hydrogen-bond acceptors (Lipinski definition) is 7. The maximum atomic E-state index is 12.6. The zero-order chi connectivity index (χ0) is 19.0. The Morgan fingerprint density at radius 2 is 2.11 bits per heavy atom. The van der Waals surface area contributed by atoms with E-state index in [1.807, 2.05) is 24.3 Å². The summed E-state index contributed by atoms with van der Waals surface area (Å²) in [5.74, 6) is -1.43. The van der Waals surface area contributed by atoms with Gasteiger partial charge in [-0.2, -0.15) is 0 Å². The zero-order valence-electron chi connectivity index (χ0n) is 14.3. The number of hydrogen-bond donors (Lipinski definition) is 1. The van der Waals surface area contributed by atoms with E-state index in [-0.39, 0.29) is 24.8 Å². The average Bonchev–Trinajstić information content (AvgIpc) is 3.38. The molecule has 3 heterocycles. The maximum absolute atomic E-state index is 12.6. The maximum Gasteiger partial charge on any atom is 0.350 e. The summed E-state index contributed by atoms with van der Waals surface area (Å²) in [5.41, 5.74) is 1.24. The Morgan fingerprint density at radius 3 is 2.89 bits per heavy atom. The van der Waals surface area contributed by atoms with Crippen LogP contribution in [0.2, 0.25) is 0 Å². The van der Waals surface area contributed by atoms with E-state index in [4.69, 9.17) is 4.74 Å². The number of thiazole rings is 1. The van der Waals surface area contributed by atoms with Crippen LogP contribution in [-0.4, -0.2) is 36.4 Å². The van der Waals surface area contributed by atoms with E-state index in [0.29, 0.717) is 15.7 Å². The number of fused-ring (bicyclic) bond motifs is 1. The largest absolute Gasteiger partial charge is 0.465 e. The molecule has 1 N–H and O–H groups in total. The van der Waals surface area contributed by atoms with Crippen LogP contribution in [-0.2, 0) is 14.3 Å². The average molecular weight is 401 g/mol. The van der Waals surface area contributed by atoms with Crippen LogP contribution in [0.4, 0.5) is 10.8 Å². The molecule has 2 aromatic heterocycles. The Kier molecular flexibility index (Phi) is 4.63. The van der Waals surface area contributed by atoms with E-state index < -0.39 is 11.9 Å². The number of nitrogens with one attached hydrogen (secondary N) is 1. The van der Waals surface area contributed by atoms with Crippen molar-refractivity contribution < 1.29 is 19.1 Å². The number of nitrogens with zero attached hydrogens (tertiary/aromatic N) is 2. The number of aromatic nitrogens is 1. The molecule has 1 fully saturated rings. The minimum absolute atomic E-state index is 0.111. The lowest BCUT2D eigenvalue weighted by Crippen LogP contribution is -2.28. The van der Waals surface area contributed by atoms with Gasteiger partial charge in [-0.15, -0.1) is 11.3 Å². The van der Waals surface area contributed by atoms with Crippen molar-refractivity contribution in [1.29, 1.82) is 0 Å². The molecule has 4 rings (SSSR count). The van der Waals surface area contributed by atoms with Crippen molar-refractivity contribution >= 4 is 61.5 Å². The molecule has 0 radical (unpaired) electrons. The number of para-hydroxylation sites is 1. The molecule has 0 spiro atoms. The van der Waals surface area contributed by atoms with Crippen molar-refractivity contribution in [3.8, 4) is 0 Å². The van der Waals surface area contributed by atoms with Gasteiger partial charge in [0, 0.05) is 13.0 Å². The van der Waals surface area contributed by atoms with E-state index in [2.05, 4.69) is 10.3 Å². The molecule has 1 unspecified atom stereocenters. The molecule has 2 amide bonds.